The summed E-state index contributed by atoms with van der Waals surface area (Å²) in [7, 11) is -1.30. The van der Waals surface area contributed by atoms with Crippen LogP contribution in [-0.2, 0) is 10.8 Å². The summed E-state index contributed by atoms with van der Waals surface area (Å²) in [5, 5.41) is 15.6. The van der Waals surface area contributed by atoms with Crippen molar-refractivity contribution >= 4 is 44.8 Å². The zero-order chi connectivity index (χ0) is 25.0. The van der Waals surface area contributed by atoms with E-state index in [1.165, 1.54) is 10.8 Å². The lowest BCUT2D eigenvalue weighted by molar-refractivity contribution is 0.587. The van der Waals surface area contributed by atoms with Crippen LogP contribution in [0.15, 0.2) is 64.8 Å². The van der Waals surface area contributed by atoms with Crippen molar-refractivity contribution in [2.24, 2.45) is 5.92 Å². The van der Waals surface area contributed by atoms with E-state index in [-0.39, 0.29) is 17.0 Å². The number of H-pyrrole nitrogens is 1. The second kappa shape index (κ2) is 8.58. The lowest BCUT2D eigenvalue weighted by Gasteiger charge is -2.27. The van der Waals surface area contributed by atoms with Crippen LogP contribution < -0.4 is 10.5 Å². The molecule has 5 heterocycles. The molecule has 10 nitrogen and oxygen atoms in total. The van der Waals surface area contributed by atoms with E-state index in [1.807, 2.05) is 35.2 Å². The highest BCUT2D eigenvalue weighted by atomic mass is 35.5. The summed E-state index contributed by atoms with van der Waals surface area (Å²) in [6.45, 7) is 0.364. The van der Waals surface area contributed by atoms with Crippen LogP contribution in [0.1, 0.15) is 18.3 Å². The minimum absolute atomic E-state index is 0.268. The Morgan fingerprint density at radius 3 is 2.78 bits per heavy atom. The number of aromatic amines is 1. The maximum absolute atomic E-state index is 13.8. The van der Waals surface area contributed by atoms with Crippen LogP contribution in [0.4, 0.5) is 5.82 Å². The summed E-state index contributed by atoms with van der Waals surface area (Å²) in [6, 6.07) is 12.7. The van der Waals surface area contributed by atoms with E-state index >= 15 is 0 Å². The largest absolute Gasteiger partial charge is 0.345 e. The number of aromatic nitrogens is 6. The smallest absolute Gasteiger partial charge is 0.284 e. The van der Waals surface area contributed by atoms with Gasteiger partial charge in [-0.15, -0.1) is 0 Å². The molecule has 3 atom stereocenters. The molecule has 5 aromatic rings. The molecule has 1 fully saturated rings. The molecule has 0 unspecified atom stereocenters. The van der Waals surface area contributed by atoms with Gasteiger partial charge in [0.15, 0.2) is 5.82 Å². The van der Waals surface area contributed by atoms with Crippen molar-refractivity contribution in [3.05, 3.63) is 76.3 Å². The number of hydrogen-bond donors (Lipinski definition) is 1. The van der Waals surface area contributed by atoms with Gasteiger partial charge in [0.25, 0.3) is 5.56 Å². The molecule has 6 rings (SSSR count). The van der Waals surface area contributed by atoms with Crippen LogP contribution in [0, 0.1) is 17.2 Å². The Kier molecular flexibility index (Phi) is 5.35. The summed E-state index contributed by atoms with van der Waals surface area (Å²) in [5.41, 5.74) is 1.14. The predicted octanol–water partition coefficient (Wildman–Crippen LogP) is 3.24. The van der Waals surface area contributed by atoms with Gasteiger partial charge in [-0.1, -0.05) is 29.8 Å². The standard InChI is InChI=1S/C24H19ClN8O2S/c1-36(35)18-11-27-21-19(18)23(29-13-28-21)31-12-14(10-26)9-17(31)22-30-32-8-7-16(25)20(32)24(34)33(22)15-5-3-2-4-6-15/h2-8,11,13-14,17H,9,12H2,1H3,(H,27,28,29)/t14-,17+,36-/m1/s1. The third-order valence-corrected chi connectivity index (χ3v) is 7.70. The van der Waals surface area contributed by atoms with Crippen molar-refractivity contribution in [3.8, 4) is 11.8 Å². The molecule has 180 valence electrons. The molecule has 0 amide bonds. The fourth-order valence-electron chi connectivity index (χ4n) is 4.86. The van der Waals surface area contributed by atoms with E-state index in [0.717, 1.165) is 0 Å². The minimum atomic E-state index is -1.30. The van der Waals surface area contributed by atoms with Gasteiger partial charge in [0.05, 0.1) is 49.8 Å². The number of nitrogens with one attached hydrogen (secondary N) is 1. The number of hydrogen-bond acceptors (Lipinski definition) is 7. The van der Waals surface area contributed by atoms with E-state index in [1.54, 1.807) is 29.3 Å². The maximum Gasteiger partial charge on any atom is 0.284 e. The number of fused-ring (bicyclic) bond motifs is 2. The van der Waals surface area contributed by atoms with Crippen LogP contribution in [0.5, 0.6) is 0 Å². The average molecular weight is 519 g/mol. The Labute approximate surface area is 212 Å². The molecule has 0 bridgehead atoms. The fourth-order valence-corrected chi connectivity index (χ4v) is 5.79. The molecule has 1 aromatic carbocycles. The third kappa shape index (κ3) is 3.41. The number of nitriles is 1. The summed E-state index contributed by atoms with van der Waals surface area (Å²) in [6.07, 6.45) is 6.76. The lowest BCUT2D eigenvalue weighted by Crippen LogP contribution is -2.33. The topological polar surface area (TPSA) is 125 Å². The first kappa shape index (κ1) is 22.5. The molecule has 1 saturated heterocycles. The normalized spacial score (nSPS) is 18.6. The van der Waals surface area contributed by atoms with Gasteiger partial charge < -0.3 is 9.88 Å². The Hall–Kier alpha value is -4.01. The number of benzene rings is 1. The Morgan fingerprint density at radius 2 is 2.03 bits per heavy atom. The van der Waals surface area contributed by atoms with E-state index < -0.39 is 16.8 Å². The van der Waals surface area contributed by atoms with Crippen LogP contribution in [0.25, 0.3) is 22.2 Å². The maximum atomic E-state index is 13.8. The number of rotatable bonds is 4. The SMILES string of the molecule is C[S@@](=O)c1c[nH]c2ncnc(N3C[C@@H](C#N)C[C@H]3c3nn4ccc(Cl)c4c(=O)n3-c3ccccc3)c12. The van der Waals surface area contributed by atoms with Crippen molar-refractivity contribution < 1.29 is 4.21 Å². The highest BCUT2D eigenvalue weighted by molar-refractivity contribution is 7.84. The van der Waals surface area contributed by atoms with E-state index in [9.17, 15) is 14.3 Å². The quantitative estimate of drug-likeness (QED) is 0.387. The van der Waals surface area contributed by atoms with E-state index in [0.29, 0.717) is 51.2 Å². The molecular formula is C24H19ClN8O2S. The molecule has 0 saturated carbocycles. The molecule has 36 heavy (non-hydrogen) atoms. The molecular weight excluding hydrogens is 500 g/mol. The Bertz CT molecular complexity index is 1750. The molecule has 4 aromatic heterocycles. The number of para-hydroxylation sites is 1. The van der Waals surface area contributed by atoms with Gasteiger partial charge in [-0.05, 0) is 24.6 Å². The average Bonchev–Trinajstić information content (AvgIpc) is 3.61. The van der Waals surface area contributed by atoms with Gasteiger partial charge in [-0.25, -0.2) is 14.5 Å². The summed E-state index contributed by atoms with van der Waals surface area (Å²) in [5.74, 6) is 0.651. The third-order valence-electron chi connectivity index (χ3n) is 6.45. The first-order valence-electron chi connectivity index (χ1n) is 11.1. The fraction of sp³-hybridized carbons (Fsp3) is 0.208. The molecule has 1 N–H and O–H groups in total. The first-order valence-corrected chi connectivity index (χ1v) is 13.1. The van der Waals surface area contributed by atoms with Crippen molar-refractivity contribution in [2.45, 2.75) is 17.4 Å². The minimum Gasteiger partial charge on any atom is -0.345 e. The van der Waals surface area contributed by atoms with Gasteiger partial charge in [-0.3, -0.25) is 13.6 Å². The monoisotopic (exact) mass is 518 g/mol. The predicted molar refractivity (Wildman–Crippen MR) is 136 cm³/mol. The molecule has 0 aliphatic carbocycles. The van der Waals surface area contributed by atoms with Crippen molar-refractivity contribution in [2.75, 3.05) is 17.7 Å². The van der Waals surface area contributed by atoms with Crippen LogP contribution in [0.3, 0.4) is 0 Å². The van der Waals surface area contributed by atoms with Crippen molar-refractivity contribution in [1.29, 1.82) is 5.26 Å². The number of halogens is 1. The first-order chi connectivity index (χ1) is 17.5. The second-order valence-electron chi connectivity index (χ2n) is 8.55. The van der Waals surface area contributed by atoms with Crippen LogP contribution in [-0.4, -0.2) is 46.1 Å². The molecule has 1 aliphatic rings. The van der Waals surface area contributed by atoms with Gasteiger partial charge in [0, 0.05) is 25.2 Å². The van der Waals surface area contributed by atoms with Gasteiger partial charge in [0.2, 0.25) is 0 Å². The van der Waals surface area contributed by atoms with E-state index in [2.05, 4.69) is 21.0 Å². The number of nitrogens with zero attached hydrogens (tertiary/aromatic N) is 7. The highest BCUT2D eigenvalue weighted by Crippen LogP contribution is 2.41. The van der Waals surface area contributed by atoms with Gasteiger partial charge >= 0.3 is 0 Å². The number of anilines is 1. The van der Waals surface area contributed by atoms with Crippen LogP contribution in [0.2, 0.25) is 5.02 Å². The second-order valence-corrected chi connectivity index (χ2v) is 10.3. The molecule has 0 radical (unpaired) electrons. The van der Waals surface area contributed by atoms with Crippen molar-refractivity contribution in [1.82, 2.24) is 29.1 Å². The van der Waals surface area contributed by atoms with Crippen molar-refractivity contribution in [3.63, 3.8) is 0 Å². The summed E-state index contributed by atoms with van der Waals surface area (Å²) in [4.78, 5) is 28.2. The zero-order valence-corrected chi connectivity index (χ0v) is 20.6. The van der Waals surface area contributed by atoms with E-state index in [4.69, 9.17) is 16.7 Å². The lowest BCUT2D eigenvalue weighted by atomic mass is 10.1. The van der Waals surface area contributed by atoms with Gasteiger partial charge in [-0.2, -0.15) is 10.4 Å². The molecule has 1 aliphatic heterocycles. The summed E-state index contributed by atoms with van der Waals surface area (Å²) < 4.78 is 15.5. The van der Waals surface area contributed by atoms with Crippen LogP contribution >= 0.6 is 11.6 Å². The Morgan fingerprint density at radius 1 is 1.22 bits per heavy atom. The highest BCUT2D eigenvalue weighted by Gasteiger charge is 2.39. The van der Waals surface area contributed by atoms with Gasteiger partial charge in [0.1, 0.15) is 23.3 Å². The molecule has 0 spiro atoms. The zero-order valence-electron chi connectivity index (χ0n) is 19.0. The summed E-state index contributed by atoms with van der Waals surface area (Å²) >= 11 is 6.34. The molecule has 12 heteroatoms. The Balaban J connectivity index is 1.63.